The van der Waals surface area contributed by atoms with Crippen LogP contribution in [0.5, 0.6) is 5.75 Å². The highest BCUT2D eigenvalue weighted by atomic mass is 32.2. The molecule has 0 aromatic heterocycles. The normalized spacial score (nSPS) is 20.6. The average molecular weight is 423 g/mol. The Labute approximate surface area is 175 Å². The predicted molar refractivity (Wildman–Crippen MR) is 113 cm³/mol. The molecule has 1 saturated heterocycles. The summed E-state index contributed by atoms with van der Waals surface area (Å²) in [5.41, 5.74) is 0. The van der Waals surface area contributed by atoms with Gasteiger partial charge in [0.25, 0.3) is 0 Å². The molecule has 0 unspecified atom stereocenters. The van der Waals surface area contributed by atoms with Crippen LogP contribution in [0.25, 0.3) is 0 Å². The maximum atomic E-state index is 12.8. The molecule has 1 aliphatic heterocycles. The van der Waals surface area contributed by atoms with Crippen molar-refractivity contribution in [1.29, 1.82) is 0 Å². The lowest BCUT2D eigenvalue weighted by molar-refractivity contribution is -0.125. The third-order valence-corrected chi connectivity index (χ3v) is 8.22. The second kappa shape index (κ2) is 10.4. The third kappa shape index (κ3) is 5.95. The number of sulfonamides is 1. The molecule has 29 heavy (non-hydrogen) atoms. The molecule has 1 saturated carbocycles. The monoisotopic (exact) mass is 422 g/mol. The van der Waals surface area contributed by atoms with Crippen molar-refractivity contribution in [3.63, 3.8) is 0 Å². The zero-order chi connectivity index (χ0) is 20.7. The van der Waals surface area contributed by atoms with Crippen LogP contribution in [0.3, 0.4) is 0 Å². The van der Waals surface area contributed by atoms with Crippen molar-refractivity contribution in [3.8, 4) is 5.75 Å². The summed E-state index contributed by atoms with van der Waals surface area (Å²) in [5, 5.41) is 3.15. The van der Waals surface area contributed by atoms with Gasteiger partial charge in [-0.1, -0.05) is 32.1 Å². The third-order valence-electron chi connectivity index (χ3n) is 6.31. The highest BCUT2D eigenvalue weighted by Gasteiger charge is 2.30. The summed E-state index contributed by atoms with van der Waals surface area (Å²) in [6, 6.07) is 6.53. The van der Waals surface area contributed by atoms with E-state index in [1.165, 1.54) is 19.3 Å². The van der Waals surface area contributed by atoms with Crippen LogP contribution >= 0.6 is 0 Å². The molecule has 1 N–H and O–H groups in total. The second-order valence-corrected chi connectivity index (χ2v) is 10.2. The van der Waals surface area contributed by atoms with Gasteiger partial charge < -0.3 is 10.1 Å². The topological polar surface area (TPSA) is 75.7 Å². The minimum Gasteiger partial charge on any atom is -0.497 e. The smallest absolute Gasteiger partial charge is 0.243 e. The Morgan fingerprint density at radius 2 is 1.59 bits per heavy atom. The summed E-state index contributed by atoms with van der Waals surface area (Å²) >= 11 is 0. The number of piperidine rings is 1. The van der Waals surface area contributed by atoms with E-state index in [1.807, 2.05) is 0 Å². The molecule has 6 nitrogen and oxygen atoms in total. The van der Waals surface area contributed by atoms with Gasteiger partial charge in [-0.2, -0.15) is 4.31 Å². The maximum Gasteiger partial charge on any atom is 0.243 e. The SMILES string of the molecule is COc1ccc(S(=O)(=O)N2CCC(CNC(=O)C3CCCCCCC3)CC2)cc1. The highest BCUT2D eigenvalue weighted by molar-refractivity contribution is 7.89. The number of amides is 1. The number of carbonyl (C=O) groups is 1. The van der Waals surface area contributed by atoms with Crippen molar-refractivity contribution in [2.45, 2.75) is 62.7 Å². The molecule has 162 valence electrons. The minimum atomic E-state index is -3.48. The zero-order valence-electron chi connectivity index (χ0n) is 17.4. The Bertz CT molecular complexity index is 748. The Kier molecular flexibility index (Phi) is 7.95. The molecule has 7 heteroatoms. The molecule has 0 atom stereocenters. The van der Waals surface area contributed by atoms with Crippen molar-refractivity contribution in [3.05, 3.63) is 24.3 Å². The Hall–Kier alpha value is -1.60. The fourth-order valence-electron chi connectivity index (χ4n) is 4.36. The van der Waals surface area contributed by atoms with Crippen LogP contribution in [0.4, 0.5) is 0 Å². The number of nitrogens with zero attached hydrogens (tertiary/aromatic N) is 1. The Morgan fingerprint density at radius 3 is 2.17 bits per heavy atom. The summed E-state index contributed by atoms with van der Waals surface area (Å²) in [4.78, 5) is 12.8. The van der Waals surface area contributed by atoms with Crippen molar-refractivity contribution in [1.82, 2.24) is 9.62 Å². The molecule has 1 heterocycles. The minimum absolute atomic E-state index is 0.158. The fraction of sp³-hybridized carbons (Fsp3) is 0.682. The first-order valence-electron chi connectivity index (χ1n) is 10.9. The van der Waals surface area contributed by atoms with Crippen LogP contribution in [0.2, 0.25) is 0 Å². The number of carbonyl (C=O) groups excluding carboxylic acids is 1. The van der Waals surface area contributed by atoms with Crippen molar-refractivity contribution < 1.29 is 17.9 Å². The number of hydrogen-bond acceptors (Lipinski definition) is 4. The van der Waals surface area contributed by atoms with Crippen LogP contribution < -0.4 is 10.1 Å². The molecular formula is C22H34N2O4S. The van der Waals surface area contributed by atoms with E-state index in [1.54, 1.807) is 35.7 Å². The summed E-state index contributed by atoms with van der Waals surface area (Å²) in [6.45, 7) is 1.66. The van der Waals surface area contributed by atoms with E-state index in [2.05, 4.69) is 5.32 Å². The molecule has 1 amide bonds. The van der Waals surface area contributed by atoms with Crippen molar-refractivity contribution >= 4 is 15.9 Å². The molecule has 2 fully saturated rings. The maximum absolute atomic E-state index is 12.8. The van der Waals surface area contributed by atoms with Crippen LogP contribution in [0.15, 0.2) is 29.2 Å². The lowest BCUT2D eigenvalue weighted by Gasteiger charge is -2.31. The average Bonchev–Trinajstić information content (AvgIpc) is 2.72. The molecule has 1 aliphatic carbocycles. The van der Waals surface area contributed by atoms with Gasteiger partial charge in [0.1, 0.15) is 5.75 Å². The molecule has 2 aliphatic rings. The Morgan fingerprint density at radius 1 is 1.00 bits per heavy atom. The van der Waals surface area contributed by atoms with Crippen molar-refractivity contribution in [2.24, 2.45) is 11.8 Å². The van der Waals surface area contributed by atoms with E-state index < -0.39 is 10.0 Å². The highest BCUT2D eigenvalue weighted by Crippen LogP contribution is 2.26. The van der Waals surface area contributed by atoms with Crippen molar-refractivity contribution in [2.75, 3.05) is 26.7 Å². The van der Waals surface area contributed by atoms with E-state index in [-0.39, 0.29) is 11.8 Å². The quantitative estimate of drug-likeness (QED) is 0.760. The van der Waals surface area contributed by atoms with E-state index in [0.717, 1.165) is 38.5 Å². The zero-order valence-corrected chi connectivity index (χ0v) is 18.3. The molecule has 1 aromatic rings. The molecule has 0 spiro atoms. The second-order valence-electron chi connectivity index (χ2n) is 8.31. The van der Waals surface area contributed by atoms with Gasteiger partial charge >= 0.3 is 0 Å². The molecule has 3 rings (SSSR count). The van der Waals surface area contributed by atoms with E-state index in [4.69, 9.17) is 4.74 Å². The summed E-state index contributed by atoms with van der Waals surface area (Å²) < 4.78 is 32.3. The fourth-order valence-corrected chi connectivity index (χ4v) is 5.83. The largest absolute Gasteiger partial charge is 0.497 e. The molecule has 1 aromatic carbocycles. The number of benzene rings is 1. The van der Waals surface area contributed by atoms with E-state index >= 15 is 0 Å². The summed E-state index contributed by atoms with van der Waals surface area (Å²) in [5.74, 6) is 1.34. The van der Waals surface area contributed by atoms with Crippen LogP contribution in [-0.4, -0.2) is 45.4 Å². The van der Waals surface area contributed by atoms with Gasteiger partial charge in [-0.15, -0.1) is 0 Å². The van der Waals surface area contributed by atoms with Crippen LogP contribution in [-0.2, 0) is 14.8 Å². The lowest BCUT2D eigenvalue weighted by Crippen LogP contribution is -2.42. The molecule has 0 radical (unpaired) electrons. The summed E-state index contributed by atoms with van der Waals surface area (Å²) in [7, 11) is -1.92. The number of hydrogen-bond donors (Lipinski definition) is 1. The lowest BCUT2D eigenvalue weighted by atomic mass is 9.90. The molecular weight excluding hydrogens is 388 g/mol. The van der Waals surface area contributed by atoms with Gasteiger partial charge in [0.15, 0.2) is 0 Å². The first-order chi connectivity index (χ1) is 14.0. The number of methoxy groups -OCH3 is 1. The first kappa shape index (κ1) is 22.1. The van der Waals surface area contributed by atoms with Gasteiger partial charge in [0, 0.05) is 25.6 Å². The Balaban J connectivity index is 1.46. The predicted octanol–water partition coefficient (Wildman–Crippen LogP) is 3.57. The number of nitrogens with one attached hydrogen (secondary N) is 1. The van der Waals surface area contributed by atoms with E-state index in [0.29, 0.717) is 36.2 Å². The van der Waals surface area contributed by atoms with Gasteiger partial charge in [0.05, 0.1) is 12.0 Å². The number of rotatable bonds is 6. The van der Waals surface area contributed by atoms with E-state index in [9.17, 15) is 13.2 Å². The van der Waals surface area contributed by atoms with Gasteiger partial charge in [-0.05, 0) is 55.9 Å². The molecule has 0 bridgehead atoms. The first-order valence-corrected chi connectivity index (χ1v) is 12.4. The van der Waals surface area contributed by atoms with Gasteiger partial charge in [-0.3, -0.25) is 4.79 Å². The van der Waals surface area contributed by atoms with Gasteiger partial charge in [0.2, 0.25) is 15.9 Å². The van der Waals surface area contributed by atoms with Gasteiger partial charge in [-0.25, -0.2) is 8.42 Å². The summed E-state index contributed by atoms with van der Waals surface area (Å²) in [6.07, 6.45) is 9.65. The van der Waals surface area contributed by atoms with Crippen LogP contribution in [0.1, 0.15) is 57.8 Å². The van der Waals surface area contributed by atoms with Crippen LogP contribution in [0, 0.1) is 11.8 Å². The number of ether oxygens (including phenoxy) is 1. The standard InChI is InChI=1S/C22H34N2O4S/c1-28-20-9-11-21(12-10-20)29(26,27)24-15-13-18(14-16-24)17-23-22(25)19-7-5-3-2-4-6-8-19/h9-12,18-19H,2-8,13-17H2,1H3,(H,23,25).